The van der Waals surface area contributed by atoms with Crippen molar-refractivity contribution in [2.75, 3.05) is 23.5 Å². The second-order valence-electron chi connectivity index (χ2n) is 8.33. The number of aliphatic imine (C=N–C) groups is 1. The number of hydrogen-bond acceptors (Lipinski definition) is 6. The lowest BCUT2D eigenvalue weighted by atomic mass is 10.0. The smallest absolute Gasteiger partial charge is 0.281 e. The van der Waals surface area contributed by atoms with E-state index in [9.17, 15) is 9.59 Å². The molecule has 1 atom stereocenters. The molecule has 180 valence electrons. The minimum Gasteiger partial charge on any atom is -0.497 e. The van der Waals surface area contributed by atoms with Gasteiger partial charge in [0.25, 0.3) is 5.91 Å². The second kappa shape index (κ2) is 10.5. The summed E-state index contributed by atoms with van der Waals surface area (Å²) in [5.41, 5.74) is 3.35. The molecule has 0 fully saturated rings. The number of carbonyl (C=O) groups is 2. The molecule has 1 aliphatic rings. The molecule has 0 saturated heterocycles. The third-order valence-corrected chi connectivity index (χ3v) is 5.78. The van der Waals surface area contributed by atoms with E-state index in [2.05, 4.69) is 4.99 Å². The van der Waals surface area contributed by atoms with E-state index in [1.54, 1.807) is 30.2 Å². The van der Waals surface area contributed by atoms with Crippen molar-refractivity contribution in [2.24, 2.45) is 10.9 Å². The molecule has 0 saturated carbocycles. The van der Waals surface area contributed by atoms with Crippen molar-refractivity contribution in [2.45, 2.75) is 26.1 Å². The number of amides is 2. The van der Waals surface area contributed by atoms with Crippen LogP contribution in [0, 0.1) is 0 Å². The summed E-state index contributed by atoms with van der Waals surface area (Å²) in [5, 5.41) is 0. The number of hydrogen-bond donors (Lipinski definition) is 1. The van der Waals surface area contributed by atoms with E-state index in [1.807, 2.05) is 74.5 Å². The molecule has 0 aromatic heterocycles. The fourth-order valence-corrected chi connectivity index (χ4v) is 4.17. The van der Waals surface area contributed by atoms with Gasteiger partial charge in [-0.05, 0) is 44.2 Å². The first-order valence-corrected chi connectivity index (χ1v) is 11.3. The molecule has 0 spiro atoms. The van der Waals surface area contributed by atoms with Crippen LogP contribution in [0.1, 0.15) is 25.0 Å². The van der Waals surface area contributed by atoms with E-state index in [0.29, 0.717) is 28.4 Å². The van der Waals surface area contributed by atoms with E-state index in [1.165, 1.54) is 4.90 Å². The predicted molar refractivity (Wildman–Crippen MR) is 136 cm³/mol. The van der Waals surface area contributed by atoms with E-state index >= 15 is 0 Å². The van der Waals surface area contributed by atoms with Gasteiger partial charge in [-0.25, -0.2) is 10.9 Å². The number of para-hydroxylation sites is 1. The third kappa shape index (κ3) is 4.94. The number of anilines is 2. The predicted octanol–water partition coefficient (Wildman–Crippen LogP) is 3.54. The number of nitrogens with zero attached hydrogens (tertiary/aromatic N) is 3. The zero-order valence-electron chi connectivity index (χ0n) is 19.9. The van der Waals surface area contributed by atoms with Crippen molar-refractivity contribution in [3.8, 4) is 5.75 Å². The summed E-state index contributed by atoms with van der Waals surface area (Å²) in [6.45, 7) is 3.63. The average molecular weight is 473 g/mol. The Kier molecular flexibility index (Phi) is 7.24. The Hall–Kier alpha value is -4.01. The Morgan fingerprint density at radius 1 is 1.03 bits per heavy atom. The minimum atomic E-state index is -1.29. The van der Waals surface area contributed by atoms with Crippen LogP contribution in [-0.2, 0) is 14.4 Å². The normalized spacial score (nSPS) is 15.3. The number of carbonyl (C=O) groups excluding carboxylic acids is 2. The highest BCUT2D eigenvalue weighted by Crippen LogP contribution is 2.29. The van der Waals surface area contributed by atoms with Gasteiger partial charge in [-0.1, -0.05) is 48.5 Å². The maximum atomic E-state index is 13.6. The number of ether oxygens (including phenoxy) is 1. The van der Waals surface area contributed by atoms with Crippen LogP contribution in [0.4, 0.5) is 11.4 Å². The highest BCUT2D eigenvalue weighted by atomic mass is 16.6. The fraction of sp³-hybridized carbons (Fsp3) is 0.222. The first kappa shape index (κ1) is 24.1. The van der Waals surface area contributed by atoms with Gasteiger partial charge in [-0.15, -0.1) is 0 Å². The molecule has 1 heterocycles. The SMILES string of the molecule is COc1ccc(N(C(=O)CN2C(=O)C(ON)N=C(c3ccccc3)c3ccccc32)C(C)C)cc1. The molecule has 1 aliphatic heterocycles. The Morgan fingerprint density at radius 2 is 1.69 bits per heavy atom. The number of methoxy groups -OCH3 is 1. The van der Waals surface area contributed by atoms with Crippen molar-refractivity contribution in [3.63, 3.8) is 0 Å². The van der Waals surface area contributed by atoms with Gasteiger partial charge in [0.05, 0.1) is 18.5 Å². The number of rotatable bonds is 7. The van der Waals surface area contributed by atoms with E-state index in [0.717, 1.165) is 5.56 Å². The number of benzodiazepines with no additional fused rings is 1. The van der Waals surface area contributed by atoms with Gasteiger partial charge in [0.1, 0.15) is 12.3 Å². The lowest BCUT2D eigenvalue weighted by Gasteiger charge is -2.31. The Bertz CT molecular complexity index is 1230. The maximum Gasteiger partial charge on any atom is 0.281 e. The number of fused-ring (bicyclic) bond motifs is 1. The topological polar surface area (TPSA) is 97.5 Å². The number of nitrogens with two attached hydrogens (primary N) is 1. The van der Waals surface area contributed by atoms with Gasteiger partial charge < -0.3 is 9.64 Å². The average Bonchev–Trinajstić information content (AvgIpc) is 2.99. The van der Waals surface area contributed by atoms with Crippen LogP contribution in [0.15, 0.2) is 83.9 Å². The summed E-state index contributed by atoms with van der Waals surface area (Å²) >= 11 is 0. The first-order chi connectivity index (χ1) is 16.9. The van der Waals surface area contributed by atoms with Crippen LogP contribution >= 0.6 is 0 Å². The summed E-state index contributed by atoms with van der Waals surface area (Å²) in [7, 11) is 1.59. The van der Waals surface area contributed by atoms with Crippen molar-refractivity contribution in [1.29, 1.82) is 0 Å². The number of benzene rings is 3. The summed E-state index contributed by atoms with van der Waals surface area (Å²) in [4.78, 5) is 39.7. The molecular formula is C27H28N4O4. The van der Waals surface area contributed by atoms with Gasteiger partial charge in [0.15, 0.2) is 0 Å². The quantitative estimate of drug-likeness (QED) is 0.531. The van der Waals surface area contributed by atoms with Gasteiger partial charge >= 0.3 is 0 Å². The maximum absolute atomic E-state index is 13.6. The van der Waals surface area contributed by atoms with Gasteiger partial charge in [0.2, 0.25) is 12.1 Å². The first-order valence-electron chi connectivity index (χ1n) is 11.3. The van der Waals surface area contributed by atoms with Crippen molar-refractivity contribution < 1.29 is 19.2 Å². The zero-order valence-corrected chi connectivity index (χ0v) is 19.9. The molecule has 4 rings (SSSR count). The molecule has 8 heteroatoms. The van der Waals surface area contributed by atoms with Gasteiger partial charge in [-0.3, -0.25) is 19.3 Å². The highest BCUT2D eigenvalue weighted by molar-refractivity contribution is 6.20. The van der Waals surface area contributed by atoms with E-state index in [-0.39, 0.29) is 18.5 Å². The molecule has 0 aliphatic carbocycles. The Balaban J connectivity index is 1.74. The lowest BCUT2D eigenvalue weighted by Crippen LogP contribution is -2.48. The second-order valence-corrected chi connectivity index (χ2v) is 8.33. The molecule has 3 aromatic carbocycles. The standard InChI is InChI=1S/C27H28N4O4/c1-18(2)31(20-13-15-21(34-3)16-14-20)24(32)17-30-23-12-8-7-11-22(23)25(19-9-5-4-6-10-19)29-26(35-28)27(30)33/h4-16,18,26H,17,28H2,1-3H3. The molecule has 1 unspecified atom stereocenters. The van der Waals surface area contributed by atoms with Crippen LogP contribution in [0.3, 0.4) is 0 Å². The summed E-state index contributed by atoms with van der Waals surface area (Å²) in [5.74, 6) is 5.41. The summed E-state index contributed by atoms with van der Waals surface area (Å²) < 4.78 is 5.23. The zero-order chi connectivity index (χ0) is 24.9. The van der Waals surface area contributed by atoms with Crippen LogP contribution in [-0.4, -0.2) is 43.5 Å². The molecule has 0 bridgehead atoms. The Labute approximate surface area is 204 Å². The van der Waals surface area contributed by atoms with E-state index < -0.39 is 12.1 Å². The highest BCUT2D eigenvalue weighted by Gasteiger charge is 2.35. The monoisotopic (exact) mass is 472 g/mol. The minimum absolute atomic E-state index is 0.147. The van der Waals surface area contributed by atoms with Crippen LogP contribution in [0.2, 0.25) is 0 Å². The van der Waals surface area contributed by atoms with Crippen LogP contribution in [0.5, 0.6) is 5.75 Å². The van der Waals surface area contributed by atoms with Crippen molar-refractivity contribution in [3.05, 3.63) is 90.0 Å². The lowest BCUT2D eigenvalue weighted by molar-refractivity contribution is -0.131. The molecule has 2 amide bonds. The van der Waals surface area contributed by atoms with Gasteiger partial charge in [-0.2, -0.15) is 0 Å². The molecule has 3 aromatic rings. The molecule has 8 nitrogen and oxygen atoms in total. The van der Waals surface area contributed by atoms with Crippen molar-refractivity contribution >= 4 is 28.9 Å². The van der Waals surface area contributed by atoms with Crippen molar-refractivity contribution in [1.82, 2.24) is 0 Å². The third-order valence-electron chi connectivity index (χ3n) is 5.78. The summed E-state index contributed by atoms with van der Waals surface area (Å²) in [6.07, 6.45) is -1.29. The Morgan fingerprint density at radius 3 is 2.31 bits per heavy atom. The molecule has 0 radical (unpaired) electrons. The van der Waals surface area contributed by atoms with Crippen LogP contribution in [0.25, 0.3) is 0 Å². The molecule has 2 N–H and O–H groups in total. The summed E-state index contributed by atoms with van der Waals surface area (Å²) in [6, 6.07) is 23.9. The fourth-order valence-electron chi connectivity index (χ4n) is 4.17. The molecule has 35 heavy (non-hydrogen) atoms. The largest absolute Gasteiger partial charge is 0.497 e. The van der Waals surface area contributed by atoms with Crippen LogP contribution < -0.4 is 20.4 Å². The van der Waals surface area contributed by atoms with Gasteiger partial charge in [0, 0.05) is 22.9 Å². The van der Waals surface area contributed by atoms with E-state index in [4.69, 9.17) is 15.5 Å². The molecular weight excluding hydrogens is 444 g/mol.